The van der Waals surface area contributed by atoms with E-state index in [9.17, 15) is 5.11 Å². The number of fused-ring (bicyclic) bond motifs is 1. The summed E-state index contributed by atoms with van der Waals surface area (Å²) in [4.78, 5) is 0. The van der Waals surface area contributed by atoms with Crippen LogP contribution in [0.15, 0.2) is 35.5 Å². The zero-order valence-electron chi connectivity index (χ0n) is 21.2. The van der Waals surface area contributed by atoms with E-state index in [1.54, 1.807) is 5.57 Å². The van der Waals surface area contributed by atoms with E-state index in [1.807, 2.05) is 13.8 Å². The van der Waals surface area contributed by atoms with E-state index in [1.165, 1.54) is 38.5 Å². The van der Waals surface area contributed by atoms with Gasteiger partial charge in [0.2, 0.25) is 1.43 Å². The van der Waals surface area contributed by atoms with Gasteiger partial charge in [0, 0.05) is 0 Å². The number of hydrogen-bond acceptors (Lipinski definition) is 2. The third kappa shape index (κ3) is 5.44. The van der Waals surface area contributed by atoms with Gasteiger partial charge in [-0.2, -0.15) is 0 Å². The first kappa shape index (κ1) is 20.1. The predicted molar refractivity (Wildman–Crippen MR) is 123 cm³/mol. The number of rotatable bonds is 7. The summed E-state index contributed by atoms with van der Waals surface area (Å²) in [6.07, 6.45) is 14.7. The second-order valence-electron chi connectivity index (χ2n) is 11.0. The zero-order chi connectivity index (χ0) is 22.9. The molecule has 0 aliphatic heterocycles. The van der Waals surface area contributed by atoms with Gasteiger partial charge in [0.25, 0.3) is 0 Å². The fourth-order valence-electron chi connectivity index (χ4n) is 6.53. The Bertz CT molecular complexity index is 719. The topological polar surface area (TPSA) is 40.5 Å². The maximum Gasteiger partial charge on any atom is 0.210 e. The smallest absolute Gasteiger partial charge is 0.210 e. The SMILES string of the molecule is [2H]O[C@@]1([2H])CCC(=C)/C(=C\C=C2CCC[C@@]3(C)C2CC[C@@H]3[C@H](C)CCCC(C)(C)O)C1. The minimum Gasteiger partial charge on any atom is -0.393 e. The standard InChI is InChI=1S/C27H44O2/c1-19-10-13-23(28)18-22(19)12-11-21-9-7-17-27(5)24(14-15-25(21)27)20(2)8-6-16-26(3,4)29/h11-12,20,23-25,28-29H,1,6-10,13-18H2,2-5H3/b21-11?,22-12-/t20-,23+,24-,25?,27-/m1/s1/i23D,28D. The van der Waals surface area contributed by atoms with Crippen molar-refractivity contribution in [3.63, 3.8) is 0 Å². The molecule has 3 aliphatic carbocycles. The van der Waals surface area contributed by atoms with Gasteiger partial charge in [0.1, 0.15) is 0 Å². The van der Waals surface area contributed by atoms with Gasteiger partial charge < -0.3 is 10.2 Å². The third-order valence-electron chi connectivity index (χ3n) is 8.22. The predicted octanol–water partition coefficient (Wildman–Crippen LogP) is 6.73. The van der Waals surface area contributed by atoms with E-state index in [2.05, 4.69) is 32.6 Å². The molecule has 3 saturated carbocycles. The molecule has 164 valence electrons. The lowest BCUT2D eigenvalue weighted by Gasteiger charge is -2.44. The Kier molecular flexibility index (Phi) is 6.30. The van der Waals surface area contributed by atoms with Crippen LogP contribution in [0.3, 0.4) is 0 Å². The molecule has 0 saturated heterocycles. The molecule has 2 N–H and O–H groups in total. The van der Waals surface area contributed by atoms with Crippen LogP contribution in [-0.2, 0) is 0 Å². The van der Waals surface area contributed by atoms with Crippen LogP contribution in [0, 0.1) is 23.2 Å². The second-order valence-corrected chi connectivity index (χ2v) is 11.0. The van der Waals surface area contributed by atoms with Crippen molar-refractivity contribution in [3.8, 4) is 0 Å². The molecule has 1 unspecified atom stereocenters. The van der Waals surface area contributed by atoms with Gasteiger partial charge in [-0.1, -0.05) is 56.6 Å². The normalized spacial score (nSPS) is 40.7. The van der Waals surface area contributed by atoms with Gasteiger partial charge in [-0.3, -0.25) is 0 Å². The van der Waals surface area contributed by atoms with Crippen LogP contribution in [0.2, 0.25) is 0 Å². The summed E-state index contributed by atoms with van der Waals surface area (Å²) < 4.78 is 15.6. The minimum absolute atomic E-state index is 0.379. The molecule has 0 bridgehead atoms. The van der Waals surface area contributed by atoms with Crippen LogP contribution >= 0.6 is 0 Å². The van der Waals surface area contributed by atoms with E-state index >= 15 is 0 Å². The summed E-state index contributed by atoms with van der Waals surface area (Å²) in [5.41, 5.74) is 3.58. The second kappa shape index (κ2) is 9.10. The first-order valence-electron chi connectivity index (χ1n) is 12.8. The highest BCUT2D eigenvalue weighted by Gasteiger charge is 2.50. The first-order chi connectivity index (χ1) is 14.5. The van der Waals surface area contributed by atoms with Crippen molar-refractivity contribution < 1.29 is 11.6 Å². The van der Waals surface area contributed by atoms with Crippen molar-refractivity contribution in [1.82, 2.24) is 0 Å². The van der Waals surface area contributed by atoms with Crippen LogP contribution in [0.5, 0.6) is 0 Å². The molecule has 3 rings (SSSR count). The van der Waals surface area contributed by atoms with Crippen molar-refractivity contribution in [3.05, 3.63) is 35.5 Å². The average molecular weight is 403 g/mol. The zero-order valence-corrected chi connectivity index (χ0v) is 19.2. The molecule has 0 aromatic carbocycles. The van der Waals surface area contributed by atoms with Crippen LogP contribution in [0.25, 0.3) is 0 Å². The Hall–Kier alpha value is -0.860. The summed E-state index contributed by atoms with van der Waals surface area (Å²) in [6, 6.07) is 0. The summed E-state index contributed by atoms with van der Waals surface area (Å²) in [7, 11) is 0. The van der Waals surface area contributed by atoms with Gasteiger partial charge in [0.15, 0.2) is 0 Å². The Morgan fingerprint density at radius 1 is 1.31 bits per heavy atom. The molecule has 2 nitrogen and oxygen atoms in total. The van der Waals surface area contributed by atoms with Crippen molar-refractivity contribution >= 4 is 0 Å². The largest absolute Gasteiger partial charge is 0.393 e. The van der Waals surface area contributed by atoms with Crippen LogP contribution in [0.4, 0.5) is 0 Å². The number of aliphatic hydroxyl groups is 2. The van der Waals surface area contributed by atoms with E-state index < -0.39 is 11.7 Å². The first-order valence-corrected chi connectivity index (χ1v) is 11.9. The maximum atomic E-state index is 10.1. The van der Waals surface area contributed by atoms with Gasteiger partial charge in [-0.05, 0) is 100 Å². The number of allylic oxidation sites excluding steroid dienone is 4. The third-order valence-corrected chi connectivity index (χ3v) is 8.22. The summed E-state index contributed by atoms with van der Waals surface area (Å²) in [5, 5.41) is 14.8. The highest BCUT2D eigenvalue weighted by atomic mass is 16.3. The van der Waals surface area contributed by atoms with Gasteiger partial charge in [-0.25, -0.2) is 0 Å². The molecule has 0 spiro atoms. The van der Waals surface area contributed by atoms with Gasteiger partial charge >= 0.3 is 0 Å². The van der Waals surface area contributed by atoms with Gasteiger partial charge in [0.05, 0.1) is 13.1 Å². The lowest BCUT2D eigenvalue weighted by molar-refractivity contribution is 0.0596. The summed E-state index contributed by atoms with van der Waals surface area (Å²) in [5.74, 6) is 2.12. The highest BCUT2D eigenvalue weighted by molar-refractivity contribution is 5.36. The highest BCUT2D eigenvalue weighted by Crippen LogP contribution is 2.60. The molecular weight excluding hydrogens is 356 g/mol. The van der Waals surface area contributed by atoms with Crippen LogP contribution in [-0.4, -0.2) is 23.3 Å². The maximum absolute atomic E-state index is 10.1. The molecule has 2 heteroatoms. The lowest BCUT2D eigenvalue weighted by atomic mass is 9.60. The molecule has 0 amide bonds. The molecule has 0 aromatic rings. The molecule has 3 aliphatic rings. The van der Waals surface area contributed by atoms with E-state index in [-0.39, 0.29) is 0 Å². The molecular formula is C27H44O2. The molecule has 0 heterocycles. The average Bonchev–Trinajstić information content (AvgIpc) is 3.05. The molecule has 0 aromatic heterocycles. The lowest BCUT2D eigenvalue weighted by Crippen LogP contribution is -2.36. The minimum atomic E-state index is -1.12. The Balaban J connectivity index is 1.71. The van der Waals surface area contributed by atoms with E-state index in [0.29, 0.717) is 30.1 Å². The van der Waals surface area contributed by atoms with Gasteiger partial charge in [-0.15, -0.1) is 0 Å². The fraction of sp³-hybridized carbons (Fsp3) is 0.778. The monoisotopic (exact) mass is 402 g/mol. The summed E-state index contributed by atoms with van der Waals surface area (Å²) >= 11 is 0. The summed E-state index contributed by atoms with van der Waals surface area (Å²) in [6.45, 7) is 13.0. The molecule has 3 fully saturated rings. The molecule has 29 heavy (non-hydrogen) atoms. The number of hydrogen-bond donors (Lipinski definition) is 2. The van der Waals surface area contributed by atoms with E-state index in [0.717, 1.165) is 36.3 Å². The van der Waals surface area contributed by atoms with Crippen molar-refractivity contribution in [2.45, 2.75) is 110 Å². The molecule has 5 atom stereocenters. The fourth-order valence-corrected chi connectivity index (χ4v) is 6.53. The van der Waals surface area contributed by atoms with Crippen molar-refractivity contribution in [1.29, 1.82) is 1.43 Å². The van der Waals surface area contributed by atoms with Crippen molar-refractivity contribution in [2.75, 3.05) is 0 Å². The Morgan fingerprint density at radius 3 is 2.83 bits per heavy atom. The Morgan fingerprint density at radius 2 is 2.10 bits per heavy atom. The van der Waals surface area contributed by atoms with Crippen LogP contribution < -0.4 is 0 Å². The van der Waals surface area contributed by atoms with Crippen molar-refractivity contribution in [2.24, 2.45) is 23.2 Å². The quantitative estimate of drug-likeness (QED) is 0.495. The Labute approximate surface area is 182 Å². The molecule has 0 radical (unpaired) electrons. The van der Waals surface area contributed by atoms with Crippen LogP contribution in [0.1, 0.15) is 99.7 Å². The van der Waals surface area contributed by atoms with E-state index in [4.69, 9.17) is 7.91 Å².